The second-order valence-electron chi connectivity index (χ2n) is 4.98. The van der Waals surface area contributed by atoms with Gasteiger partial charge in [-0.2, -0.15) is 0 Å². The summed E-state index contributed by atoms with van der Waals surface area (Å²) in [6.07, 6.45) is 0.942. The summed E-state index contributed by atoms with van der Waals surface area (Å²) >= 11 is 0. The van der Waals surface area contributed by atoms with E-state index in [0.717, 1.165) is 5.56 Å². The van der Waals surface area contributed by atoms with Crippen molar-refractivity contribution in [2.75, 3.05) is 20.8 Å². The fraction of sp³-hybridized carbons (Fsp3) is 0.533. The van der Waals surface area contributed by atoms with E-state index in [2.05, 4.69) is 0 Å². The molecule has 0 aliphatic rings. The summed E-state index contributed by atoms with van der Waals surface area (Å²) in [7, 11) is 3.16. The molecule has 1 rings (SSSR count). The first kappa shape index (κ1) is 16.3. The van der Waals surface area contributed by atoms with Gasteiger partial charge in [0.2, 0.25) is 0 Å². The normalized spacial score (nSPS) is 11.1. The van der Waals surface area contributed by atoms with Crippen LogP contribution in [0.15, 0.2) is 18.2 Å². The zero-order chi connectivity index (χ0) is 15.2. The van der Waals surface area contributed by atoms with Gasteiger partial charge in [-0.3, -0.25) is 4.79 Å². The molecule has 5 heteroatoms. The molecule has 20 heavy (non-hydrogen) atoms. The van der Waals surface area contributed by atoms with Crippen molar-refractivity contribution in [3.05, 3.63) is 23.8 Å². The van der Waals surface area contributed by atoms with Crippen molar-refractivity contribution in [3.63, 3.8) is 0 Å². The molecule has 1 aromatic carbocycles. The number of esters is 1. The Kier molecular flexibility index (Phi) is 5.82. The highest BCUT2D eigenvalue weighted by Crippen LogP contribution is 2.32. The maximum absolute atomic E-state index is 11.8. The Balaban J connectivity index is 2.93. The third kappa shape index (κ3) is 4.42. The van der Waals surface area contributed by atoms with Gasteiger partial charge in [-0.05, 0) is 38.9 Å². The first-order valence-electron chi connectivity index (χ1n) is 6.58. The minimum absolute atomic E-state index is 0.262. The van der Waals surface area contributed by atoms with Crippen LogP contribution in [-0.2, 0) is 15.1 Å². The highest BCUT2D eigenvalue weighted by atomic mass is 16.6. The third-order valence-corrected chi connectivity index (χ3v) is 3.00. The summed E-state index contributed by atoms with van der Waals surface area (Å²) in [5.41, 5.74) is 5.44. The molecule has 0 aliphatic heterocycles. The highest BCUT2D eigenvalue weighted by Gasteiger charge is 2.26. The number of nitrogens with two attached hydrogens (primary N) is 1. The number of carbonyl (C=O) groups is 1. The Morgan fingerprint density at radius 1 is 1.15 bits per heavy atom. The molecule has 2 N–H and O–H groups in total. The lowest BCUT2D eigenvalue weighted by Gasteiger charge is -2.26. The van der Waals surface area contributed by atoms with Crippen LogP contribution in [0.3, 0.4) is 0 Å². The Morgan fingerprint density at radius 3 is 2.15 bits per heavy atom. The zero-order valence-corrected chi connectivity index (χ0v) is 12.6. The van der Waals surface area contributed by atoms with Crippen LogP contribution >= 0.6 is 0 Å². The van der Waals surface area contributed by atoms with E-state index in [4.69, 9.17) is 19.9 Å². The van der Waals surface area contributed by atoms with Crippen LogP contribution in [0.2, 0.25) is 0 Å². The number of hydrogen-bond donors (Lipinski definition) is 1. The fourth-order valence-electron chi connectivity index (χ4n) is 1.80. The molecule has 0 fully saturated rings. The molecule has 0 amide bonds. The van der Waals surface area contributed by atoms with Crippen molar-refractivity contribution in [1.29, 1.82) is 0 Å². The van der Waals surface area contributed by atoms with Gasteiger partial charge in [0.05, 0.1) is 14.2 Å². The Labute approximate surface area is 120 Å². The van der Waals surface area contributed by atoms with Crippen LogP contribution in [0.1, 0.15) is 32.3 Å². The fourth-order valence-corrected chi connectivity index (χ4v) is 1.80. The second-order valence-corrected chi connectivity index (χ2v) is 4.98. The molecule has 0 saturated carbocycles. The quantitative estimate of drug-likeness (QED) is 0.776. The van der Waals surface area contributed by atoms with Crippen molar-refractivity contribution in [2.24, 2.45) is 5.73 Å². The summed E-state index contributed by atoms with van der Waals surface area (Å²) in [5.74, 6) is 1.05. The molecule has 0 aliphatic carbocycles. The number of rotatable bonds is 7. The average molecular weight is 281 g/mol. The minimum Gasteiger partial charge on any atom is -0.497 e. The topological polar surface area (TPSA) is 70.8 Å². The standard InChI is InChI=1S/C15H23NO4/c1-15(2,20-14(17)6-5-7-16)11-8-12(18-3)10-13(9-11)19-4/h8-10H,5-7,16H2,1-4H3. The summed E-state index contributed by atoms with van der Waals surface area (Å²) in [4.78, 5) is 11.8. The van der Waals surface area contributed by atoms with Crippen LogP contribution in [-0.4, -0.2) is 26.7 Å². The van der Waals surface area contributed by atoms with Gasteiger partial charge >= 0.3 is 5.97 Å². The SMILES string of the molecule is COc1cc(OC)cc(C(C)(C)OC(=O)CCCN)c1. The molecule has 1 aromatic rings. The van der Waals surface area contributed by atoms with Crippen molar-refractivity contribution in [1.82, 2.24) is 0 Å². The average Bonchev–Trinajstić information content (AvgIpc) is 2.43. The van der Waals surface area contributed by atoms with Gasteiger partial charge in [0.1, 0.15) is 17.1 Å². The van der Waals surface area contributed by atoms with Gasteiger partial charge in [0, 0.05) is 18.1 Å². The lowest BCUT2D eigenvalue weighted by atomic mass is 9.97. The van der Waals surface area contributed by atoms with E-state index in [1.54, 1.807) is 20.3 Å². The molecule has 0 unspecified atom stereocenters. The largest absolute Gasteiger partial charge is 0.497 e. The highest BCUT2D eigenvalue weighted by molar-refractivity contribution is 5.70. The molecular formula is C15H23NO4. The number of hydrogen-bond acceptors (Lipinski definition) is 5. The Morgan fingerprint density at radius 2 is 1.70 bits per heavy atom. The van der Waals surface area contributed by atoms with Gasteiger partial charge in [0.25, 0.3) is 0 Å². The molecule has 0 spiro atoms. The molecule has 0 heterocycles. The lowest BCUT2D eigenvalue weighted by molar-refractivity contribution is -0.157. The third-order valence-electron chi connectivity index (χ3n) is 3.00. The van der Waals surface area contributed by atoms with Crippen molar-refractivity contribution in [2.45, 2.75) is 32.3 Å². The predicted molar refractivity (Wildman–Crippen MR) is 77.0 cm³/mol. The zero-order valence-electron chi connectivity index (χ0n) is 12.6. The molecule has 5 nitrogen and oxygen atoms in total. The second kappa shape index (κ2) is 7.14. The minimum atomic E-state index is -0.756. The first-order chi connectivity index (χ1) is 9.42. The van der Waals surface area contributed by atoms with Gasteiger partial charge in [-0.25, -0.2) is 0 Å². The molecule has 112 valence electrons. The molecule has 0 bridgehead atoms. The summed E-state index contributed by atoms with van der Waals surface area (Å²) in [5, 5.41) is 0. The number of carbonyl (C=O) groups excluding carboxylic acids is 1. The lowest BCUT2D eigenvalue weighted by Crippen LogP contribution is -2.26. The van der Waals surface area contributed by atoms with Crippen molar-refractivity contribution < 1.29 is 19.0 Å². The number of methoxy groups -OCH3 is 2. The van der Waals surface area contributed by atoms with E-state index in [9.17, 15) is 4.79 Å². The molecule has 0 aromatic heterocycles. The predicted octanol–water partition coefficient (Wildman–Crippen LogP) is 2.22. The maximum Gasteiger partial charge on any atom is 0.306 e. The maximum atomic E-state index is 11.8. The molecule has 0 radical (unpaired) electrons. The molecule has 0 saturated heterocycles. The van der Waals surface area contributed by atoms with Gasteiger partial charge in [0.15, 0.2) is 0 Å². The van der Waals surface area contributed by atoms with Crippen LogP contribution in [0.4, 0.5) is 0 Å². The smallest absolute Gasteiger partial charge is 0.306 e. The van der Waals surface area contributed by atoms with E-state index >= 15 is 0 Å². The summed E-state index contributed by atoms with van der Waals surface area (Å²) in [6.45, 7) is 4.14. The van der Waals surface area contributed by atoms with E-state index in [-0.39, 0.29) is 5.97 Å². The van der Waals surface area contributed by atoms with Crippen LogP contribution in [0.5, 0.6) is 11.5 Å². The number of ether oxygens (including phenoxy) is 3. The van der Waals surface area contributed by atoms with Gasteiger partial charge in [-0.1, -0.05) is 0 Å². The molecule has 0 atom stereocenters. The molecular weight excluding hydrogens is 258 g/mol. The summed E-state index contributed by atoms with van der Waals surface area (Å²) < 4.78 is 16.0. The summed E-state index contributed by atoms with van der Waals surface area (Å²) in [6, 6.07) is 5.44. The van der Waals surface area contributed by atoms with Crippen LogP contribution in [0.25, 0.3) is 0 Å². The van der Waals surface area contributed by atoms with Crippen molar-refractivity contribution in [3.8, 4) is 11.5 Å². The monoisotopic (exact) mass is 281 g/mol. The van der Waals surface area contributed by atoms with E-state index < -0.39 is 5.60 Å². The van der Waals surface area contributed by atoms with Crippen molar-refractivity contribution >= 4 is 5.97 Å². The van der Waals surface area contributed by atoms with E-state index in [1.165, 1.54) is 0 Å². The van der Waals surface area contributed by atoms with Gasteiger partial charge in [-0.15, -0.1) is 0 Å². The number of benzene rings is 1. The van der Waals surface area contributed by atoms with E-state index in [1.807, 2.05) is 26.0 Å². The van der Waals surface area contributed by atoms with Gasteiger partial charge < -0.3 is 19.9 Å². The van der Waals surface area contributed by atoms with E-state index in [0.29, 0.717) is 30.9 Å². The Bertz CT molecular complexity index is 435. The van der Waals surface area contributed by atoms with Crippen LogP contribution < -0.4 is 15.2 Å². The Hall–Kier alpha value is -1.75. The van der Waals surface area contributed by atoms with Crippen LogP contribution in [0, 0.1) is 0 Å². The first-order valence-corrected chi connectivity index (χ1v) is 6.58.